The standard InChI is InChI=1S/C17H19BrN2O2S/c1-20(17(22)14-9-10-15(18)23-14)12-16(21)19-11-5-8-13-6-3-2-4-7-13/h2-4,6-7,9-10H,5,8,11-12H2,1H3,(H,19,21). The second-order valence-electron chi connectivity index (χ2n) is 5.20. The van der Waals surface area contributed by atoms with Crippen LogP contribution in [0.4, 0.5) is 0 Å². The average Bonchev–Trinajstić information content (AvgIpc) is 2.98. The van der Waals surface area contributed by atoms with E-state index in [0.29, 0.717) is 11.4 Å². The average molecular weight is 395 g/mol. The molecule has 0 saturated heterocycles. The van der Waals surface area contributed by atoms with Crippen LogP contribution < -0.4 is 5.32 Å². The van der Waals surface area contributed by atoms with E-state index in [0.717, 1.165) is 16.6 Å². The third kappa shape index (κ3) is 5.80. The molecule has 0 spiro atoms. The molecule has 0 aliphatic heterocycles. The number of aryl methyl sites for hydroxylation is 1. The van der Waals surface area contributed by atoms with Gasteiger partial charge in [0.1, 0.15) is 0 Å². The molecule has 0 aliphatic carbocycles. The number of thiophene rings is 1. The van der Waals surface area contributed by atoms with E-state index < -0.39 is 0 Å². The van der Waals surface area contributed by atoms with E-state index in [1.165, 1.54) is 21.8 Å². The first-order valence-electron chi connectivity index (χ1n) is 7.37. The van der Waals surface area contributed by atoms with Crippen molar-refractivity contribution in [3.63, 3.8) is 0 Å². The lowest BCUT2D eigenvalue weighted by Crippen LogP contribution is -2.38. The molecule has 0 bridgehead atoms. The summed E-state index contributed by atoms with van der Waals surface area (Å²) in [7, 11) is 1.64. The van der Waals surface area contributed by atoms with E-state index >= 15 is 0 Å². The highest BCUT2D eigenvalue weighted by atomic mass is 79.9. The maximum atomic E-state index is 12.1. The molecule has 2 aromatic rings. The number of rotatable bonds is 7. The van der Waals surface area contributed by atoms with Crippen LogP contribution in [-0.4, -0.2) is 36.9 Å². The molecule has 2 amide bonds. The third-order valence-corrected chi connectivity index (χ3v) is 4.93. The molecule has 6 heteroatoms. The maximum absolute atomic E-state index is 12.1. The number of nitrogens with one attached hydrogen (secondary N) is 1. The van der Waals surface area contributed by atoms with Gasteiger partial charge < -0.3 is 10.2 Å². The van der Waals surface area contributed by atoms with Gasteiger partial charge in [0.25, 0.3) is 5.91 Å². The molecule has 0 fully saturated rings. The largest absolute Gasteiger partial charge is 0.355 e. The molecule has 1 aromatic heterocycles. The van der Waals surface area contributed by atoms with Gasteiger partial charge in [0.2, 0.25) is 5.91 Å². The van der Waals surface area contributed by atoms with Crippen LogP contribution in [0.5, 0.6) is 0 Å². The lowest BCUT2D eigenvalue weighted by molar-refractivity contribution is -0.121. The molecule has 23 heavy (non-hydrogen) atoms. The van der Waals surface area contributed by atoms with Gasteiger partial charge in [-0.3, -0.25) is 9.59 Å². The first-order valence-corrected chi connectivity index (χ1v) is 8.98. The van der Waals surface area contributed by atoms with Crippen molar-refractivity contribution in [3.05, 3.63) is 56.7 Å². The summed E-state index contributed by atoms with van der Waals surface area (Å²) in [4.78, 5) is 26.1. The third-order valence-electron chi connectivity index (χ3n) is 3.32. The summed E-state index contributed by atoms with van der Waals surface area (Å²) in [5, 5.41) is 2.86. The summed E-state index contributed by atoms with van der Waals surface area (Å²) in [5.41, 5.74) is 1.26. The van der Waals surface area contributed by atoms with Crippen molar-refractivity contribution in [2.45, 2.75) is 12.8 Å². The molecule has 122 valence electrons. The van der Waals surface area contributed by atoms with Crippen molar-refractivity contribution >= 4 is 39.1 Å². The SMILES string of the molecule is CN(CC(=O)NCCCc1ccccc1)C(=O)c1ccc(Br)s1. The number of carbonyl (C=O) groups is 2. The summed E-state index contributed by atoms with van der Waals surface area (Å²) in [6, 6.07) is 13.8. The lowest BCUT2D eigenvalue weighted by Gasteiger charge is -2.15. The molecule has 1 N–H and O–H groups in total. The summed E-state index contributed by atoms with van der Waals surface area (Å²) in [6.07, 6.45) is 1.81. The lowest BCUT2D eigenvalue weighted by atomic mass is 10.1. The van der Waals surface area contributed by atoms with Crippen LogP contribution in [0, 0.1) is 0 Å². The van der Waals surface area contributed by atoms with Crippen molar-refractivity contribution < 1.29 is 9.59 Å². The Kier molecular flexibility index (Phi) is 6.80. The van der Waals surface area contributed by atoms with Crippen LogP contribution in [0.1, 0.15) is 21.7 Å². The molecule has 4 nitrogen and oxygen atoms in total. The van der Waals surface area contributed by atoms with Gasteiger partial charge in [-0.2, -0.15) is 0 Å². The van der Waals surface area contributed by atoms with E-state index in [1.807, 2.05) is 24.3 Å². The Balaban J connectivity index is 1.69. The van der Waals surface area contributed by atoms with Crippen molar-refractivity contribution in [1.82, 2.24) is 10.2 Å². The number of carbonyl (C=O) groups excluding carboxylic acids is 2. The predicted molar refractivity (Wildman–Crippen MR) is 96.8 cm³/mol. The Morgan fingerprint density at radius 2 is 1.91 bits per heavy atom. The van der Waals surface area contributed by atoms with E-state index in [2.05, 4.69) is 33.4 Å². The minimum atomic E-state index is -0.139. The molecule has 2 rings (SSSR count). The van der Waals surface area contributed by atoms with Crippen LogP contribution in [0.3, 0.4) is 0 Å². The molecule has 0 saturated carbocycles. The fourth-order valence-electron chi connectivity index (χ4n) is 2.13. The number of halogens is 1. The Morgan fingerprint density at radius 1 is 1.17 bits per heavy atom. The highest BCUT2D eigenvalue weighted by molar-refractivity contribution is 9.11. The van der Waals surface area contributed by atoms with Crippen molar-refractivity contribution in [1.29, 1.82) is 0 Å². The van der Waals surface area contributed by atoms with Crippen LogP contribution in [-0.2, 0) is 11.2 Å². The molecular formula is C17H19BrN2O2S. The molecule has 0 atom stereocenters. The summed E-state index contributed by atoms with van der Waals surface area (Å²) in [5.74, 6) is -0.273. The first-order chi connectivity index (χ1) is 11.1. The van der Waals surface area contributed by atoms with E-state index in [9.17, 15) is 9.59 Å². The topological polar surface area (TPSA) is 49.4 Å². The van der Waals surface area contributed by atoms with Gasteiger partial charge in [-0.15, -0.1) is 11.3 Å². The number of benzene rings is 1. The van der Waals surface area contributed by atoms with Gasteiger partial charge in [-0.25, -0.2) is 0 Å². The normalized spacial score (nSPS) is 10.3. The molecule has 0 radical (unpaired) electrons. The Labute approximate surface area is 148 Å². The number of hydrogen-bond donors (Lipinski definition) is 1. The summed E-state index contributed by atoms with van der Waals surface area (Å²) >= 11 is 4.69. The zero-order valence-corrected chi connectivity index (χ0v) is 15.3. The highest BCUT2D eigenvalue weighted by Crippen LogP contribution is 2.22. The van der Waals surface area contributed by atoms with Crippen LogP contribution in [0.2, 0.25) is 0 Å². The summed E-state index contributed by atoms with van der Waals surface area (Å²) in [6.45, 7) is 0.681. The van der Waals surface area contributed by atoms with Crippen molar-refractivity contribution in [2.24, 2.45) is 0 Å². The predicted octanol–water partition coefficient (Wildman–Crippen LogP) is 3.33. The zero-order chi connectivity index (χ0) is 16.7. The Bertz CT molecular complexity index is 658. The van der Waals surface area contributed by atoms with E-state index in [4.69, 9.17) is 0 Å². The smallest absolute Gasteiger partial charge is 0.264 e. The van der Waals surface area contributed by atoms with Crippen LogP contribution in [0.15, 0.2) is 46.3 Å². The number of amides is 2. The molecule has 0 aliphatic rings. The number of hydrogen-bond acceptors (Lipinski definition) is 3. The minimum absolute atomic E-state index is 0.0691. The second-order valence-corrected chi connectivity index (χ2v) is 7.67. The van der Waals surface area contributed by atoms with E-state index in [-0.39, 0.29) is 18.4 Å². The quantitative estimate of drug-likeness (QED) is 0.732. The van der Waals surface area contributed by atoms with Gasteiger partial charge in [0, 0.05) is 13.6 Å². The first kappa shape index (κ1) is 17.7. The highest BCUT2D eigenvalue weighted by Gasteiger charge is 2.16. The minimum Gasteiger partial charge on any atom is -0.355 e. The van der Waals surface area contributed by atoms with Gasteiger partial charge in [-0.05, 0) is 46.5 Å². The fraction of sp³-hybridized carbons (Fsp3) is 0.294. The molecule has 0 unspecified atom stereocenters. The Morgan fingerprint density at radius 3 is 2.57 bits per heavy atom. The zero-order valence-electron chi connectivity index (χ0n) is 12.9. The molecule has 1 aromatic carbocycles. The van der Waals surface area contributed by atoms with Crippen LogP contribution >= 0.6 is 27.3 Å². The van der Waals surface area contributed by atoms with Crippen LogP contribution in [0.25, 0.3) is 0 Å². The van der Waals surface area contributed by atoms with Crippen molar-refractivity contribution in [2.75, 3.05) is 20.1 Å². The monoisotopic (exact) mass is 394 g/mol. The van der Waals surface area contributed by atoms with Gasteiger partial charge in [0.15, 0.2) is 0 Å². The number of likely N-dealkylation sites (N-methyl/N-ethyl adjacent to an activating group) is 1. The van der Waals surface area contributed by atoms with Gasteiger partial charge in [-0.1, -0.05) is 30.3 Å². The number of nitrogens with zero attached hydrogens (tertiary/aromatic N) is 1. The maximum Gasteiger partial charge on any atom is 0.264 e. The molecule has 1 heterocycles. The molecular weight excluding hydrogens is 376 g/mol. The fourth-order valence-corrected chi connectivity index (χ4v) is 3.51. The van der Waals surface area contributed by atoms with E-state index in [1.54, 1.807) is 13.1 Å². The van der Waals surface area contributed by atoms with Gasteiger partial charge >= 0.3 is 0 Å². The van der Waals surface area contributed by atoms with Crippen molar-refractivity contribution in [3.8, 4) is 0 Å². The Hall–Kier alpha value is -1.66. The second kappa shape index (κ2) is 8.84. The van der Waals surface area contributed by atoms with Gasteiger partial charge in [0.05, 0.1) is 15.2 Å². The summed E-state index contributed by atoms with van der Waals surface area (Å²) < 4.78 is 0.902.